The van der Waals surface area contributed by atoms with E-state index in [9.17, 15) is 4.79 Å². The fourth-order valence-electron chi connectivity index (χ4n) is 2.96. The molecule has 26 heavy (non-hydrogen) atoms. The average Bonchev–Trinajstić information content (AvgIpc) is 2.65. The lowest BCUT2D eigenvalue weighted by molar-refractivity contribution is 0.102. The van der Waals surface area contributed by atoms with E-state index < -0.39 is 0 Å². The quantitative estimate of drug-likeness (QED) is 0.834. The topological polar surface area (TPSA) is 61.4 Å². The van der Waals surface area contributed by atoms with E-state index >= 15 is 0 Å². The molecule has 1 N–H and O–H groups in total. The van der Waals surface area contributed by atoms with Gasteiger partial charge in [-0.1, -0.05) is 0 Å². The van der Waals surface area contributed by atoms with Gasteiger partial charge in [0.2, 0.25) is 5.95 Å². The first-order valence-electron chi connectivity index (χ1n) is 8.72. The summed E-state index contributed by atoms with van der Waals surface area (Å²) in [6.45, 7) is 7.69. The Labute approximate surface area is 159 Å². The second-order valence-electron chi connectivity index (χ2n) is 6.54. The molecule has 2 heterocycles. The van der Waals surface area contributed by atoms with Crippen molar-refractivity contribution in [3.63, 3.8) is 0 Å². The van der Waals surface area contributed by atoms with Gasteiger partial charge in [0.05, 0.1) is 17.1 Å². The zero-order valence-corrected chi connectivity index (χ0v) is 16.6. The first-order chi connectivity index (χ1) is 12.5. The molecule has 138 valence electrons. The molecule has 0 bridgehead atoms. The maximum absolute atomic E-state index is 12.6. The standard InChI is InChI=1S/C19H25N5OS/c1-13-17(22-18(25)15-5-7-16(26-4)8-6-15)14(2)21-19(20-13)24-11-9-23(3)10-12-24/h5-8H,9-12H2,1-4H3,(H,22,25). The van der Waals surface area contributed by atoms with Crippen LogP contribution in [0.3, 0.4) is 0 Å². The summed E-state index contributed by atoms with van der Waals surface area (Å²) in [6.07, 6.45) is 2.01. The summed E-state index contributed by atoms with van der Waals surface area (Å²) in [4.78, 5) is 27.5. The number of nitrogens with one attached hydrogen (secondary N) is 1. The van der Waals surface area contributed by atoms with E-state index in [2.05, 4.69) is 32.1 Å². The summed E-state index contributed by atoms with van der Waals surface area (Å²) in [7, 11) is 2.12. The molecule has 1 aliphatic rings. The van der Waals surface area contributed by atoms with Gasteiger partial charge >= 0.3 is 0 Å². The molecule has 1 aromatic heterocycles. The van der Waals surface area contributed by atoms with Gasteiger partial charge < -0.3 is 15.1 Å². The summed E-state index contributed by atoms with van der Waals surface area (Å²) in [5.41, 5.74) is 2.91. The predicted octanol–water partition coefficient (Wildman–Crippen LogP) is 2.82. The molecule has 1 saturated heterocycles. The van der Waals surface area contributed by atoms with Gasteiger partial charge in [0.1, 0.15) is 0 Å². The van der Waals surface area contributed by atoms with E-state index in [1.54, 1.807) is 11.8 Å². The van der Waals surface area contributed by atoms with Crippen LogP contribution in [0.4, 0.5) is 11.6 Å². The van der Waals surface area contributed by atoms with Crippen LogP contribution < -0.4 is 10.2 Å². The maximum atomic E-state index is 12.6. The summed E-state index contributed by atoms with van der Waals surface area (Å²) in [6, 6.07) is 7.58. The van der Waals surface area contributed by atoms with Gasteiger partial charge in [0, 0.05) is 36.6 Å². The van der Waals surface area contributed by atoms with Crippen molar-refractivity contribution < 1.29 is 4.79 Å². The highest BCUT2D eigenvalue weighted by Gasteiger charge is 2.19. The molecule has 0 spiro atoms. The minimum atomic E-state index is -0.139. The molecule has 0 aliphatic carbocycles. The zero-order chi connectivity index (χ0) is 18.7. The molecule has 6 nitrogen and oxygen atoms in total. The van der Waals surface area contributed by atoms with Gasteiger partial charge in [-0.25, -0.2) is 9.97 Å². The van der Waals surface area contributed by atoms with Crippen LogP contribution in [0.25, 0.3) is 0 Å². The number of rotatable bonds is 4. The third kappa shape index (κ3) is 4.16. The van der Waals surface area contributed by atoms with Gasteiger partial charge in [-0.3, -0.25) is 4.79 Å². The number of hydrogen-bond acceptors (Lipinski definition) is 6. The molecule has 1 aromatic carbocycles. The first kappa shape index (κ1) is 18.7. The molecule has 1 aliphatic heterocycles. The molecule has 7 heteroatoms. The fourth-order valence-corrected chi connectivity index (χ4v) is 3.36. The molecule has 3 rings (SSSR count). The number of anilines is 2. The second kappa shape index (κ2) is 8.05. The Morgan fingerprint density at radius 1 is 1.04 bits per heavy atom. The van der Waals surface area contributed by atoms with Crippen LogP contribution >= 0.6 is 11.8 Å². The molecule has 0 atom stereocenters. The number of amides is 1. The summed E-state index contributed by atoms with van der Waals surface area (Å²) in [5.74, 6) is 0.607. The van der Waals surface area contributed by atoms with Crippen LogP contribution in [-0.2, 0) is 0 Å². The number of likely N-dealkylation sites (N-methyl/N-ethyl adjacent to an activating group) is 1. The molecule has 0 saturated carbocycles. The molecular weight excluding hydrogens is 346 g/mol. The number of nitrogens with zero attached hydrogens (tertiary/aromatic N) is 4. The molecule has 1 amide bonds. The lowest BCUT2D eigenvalue weighted by atomic mass is 10.2. The summed E-state index contributed by atoms with van der Waals surface area (Å²) in [5, 5.41) is 2.97. The maximum Gasteiger partial charge on any atom is 0.255 e. The molecule has 2 aromatic rings. The second-order valence-corrected chi connectivity index (χ2v) is 7.42. The van der Waals surface area contributed by atoms with Crippen molar-refractivity contribution in [1.82, 2.24) is 14.9 Å². The van der Waals surface area contributed by atoms with Crippen LogP contribution in [0.1, 0.15) is 21.7 Å². The SMILES string of the molecule is CSc1ccc(C(=O)Nc2c(C)nc(N3CCN(C)CC3)nc2C)cc1. The highest BCUT2D eigenvalue weighted by atomic mass is 32.2. The van der Waals surface area contributed by atoms with Gasteiger partial charge in [-0.15, -0.1) is 11.8 Å². The number of carbonyl (C=O) groups excluding carboxylic acids is 1. The lowest BCUT2D eigenvalue weighted by Gasteiger charge is -2.32. The van der Waals surface area contributed by atoms with E-state index in [-0.39, 0.29) is 5.91 Å². The van der Waals surface area contributed by atoms with E-state index in [0.29, 0.717) is 11.3 Å². The third-order valence-electron chi connectivity index (χ3n) is 4.64. The third-order valence-corrected chi connectivity index (χ3v) is 5.38. The number of aromatic nitrogens is 2. The lowest BCUT2D eigenvalue weighted by Crippen LogP contribution is -2.45. The number of piperazine rings is 1. The average molecular weight is 372 g/mol. The number of aryl methyl sites for hydroxylation is 2. The van der Waals surface area contributed by atoms with Crippen LogP contribution in [-0.4, -0.2) is 60.3 Å². The smallest absolute Gasteiger partial charge is 0.255 e. The van der Waals surface area contributed by atoms with Gasteiger partial charge in [0.15, 0.2) is 0 Å². The minimum Gasteiger partial charge on any atom is -0.338 e. The van der Waals surface area contributed by atoms with E-state index in [1.165, 1.54) is 0 Å². The van der Waals surface area contributed by atoms with E-state index in [4.69, 9.17) is 0 Å². The normalized spacial score (nSPS) is 15.2. The highest BCUT2D eigenvalue weighted by molar-refractivity contribution is 7.98. The van der Waals surface area contributed by atoms with Crippen molar-refractivity contribution in [1.29, 1.82) is 0 Å². The summed E-state index contributed by atoms with van der Waals surface area (Å²) >= 11 is 1.65. The number of carbonyl (C=O) groups is 1. The van der Waals surface area contributed by atoms with Crippen molar-refractivity contribution in [2.45, 2.75) is 18.7 Å². The predicted molar refractivity (Wildman–Crippen MR) is 107 cm³/mol. The van der Waals surface area contributed by atoms with Gasteiger partial charge in [-0.2, -0.15) is 0 Å². The highest BCUT2D eigenvalue weighted by Crippen LogP contribution is 2.22. The Kier molecular flexibility index (Phi) is 5.78. The Bertz CT molecular complexity index is 762. The van der Waals surface area contributed by atoms with Crippen molar-refractivity contribution in [3.05, 3.63) is 41.2 Å². The van der Waals surface area contributed by atoms with E-state index in [1.807, 2.05) is 44.4 Å². The number of benzene rings is 1. The van der Waals surface area contributed by atoms with Crippen LogP contribution in [0, 0.1) is 13.8 Å². The number of thioether (sulfide) groups is 1. The Hall–Kier alpha value is -2.12. The van der Waals surface area contributed by atoms with Crippen LogP contribution in [0.5, 0.6) is 0 Å². The zero-order valence-electron chi connectivity index (χ0n) is 15.7. The minimum absolute atomic E-state index is 0.139. The molecule has 0 unspecified atom stereocenters. The largest absolute Gasteiger partial charge is 0.338 e. The Morgan fingerprint density at radius 2 is 1.62 bits per heavy atom. The molecule has 1 fully saturated rings. The van der Waals surface area contributed by atoms with Gasteiger partial charge in [-0.05, 0) is 51.4 Å². The first-order valence-corrected chi connectivity index (χ1v) is 9.94. The van der Waals surface area contributed by atoms with E-state index in [0.717, 1.165) is 48.4 Å². The van der Waals surface area contributed by atoms with Crippen molar-refractivity contribution in [3.8, 4) is 0 Å². The number of hydrogen-bond donors (Lipinski definition) is 1. The molecule has 0 radical (unpaired) electrons. The fraction of sp³-hybridized carbons (Fsp3) is 0.421. The van der Waals surface area contributed by atoms with Gasteiger partial charge in [0.25, 0.3) is 5.91 Å². The van der Waals surface area contributed by atoms with Crippen molar-refractivity contribution >= 4 is 29.3 Å². The van der Waals surface area contributed by atoms with Crippen molar-refractivity contribution in [2.75, 3.05) is 49.7 Å². The monoisotopic (exact) mass is 371 g/mol. The Morgan fingerprint density at radius 3 is 2.15 bits per heavy atom. The Balaban J connectivity index is 1.76. The summed E-state index contributed by atoms with van der Waals surface area (Å²) < 4.78 is 0. The van der Waals surface area contributed by atoms with Crippen LogP contribution in [0.2, 0.25) is 0 Å². The van der Waals surface area contributed by atoms with Crippen LogP contribution in [0.15, 0.2) is 29.2 Å². The van der Waals surface area contributed by atoms with Crippen molar-refractivity contribution in [2.24, 2.45) is 0 Å². The molecular formula is C19H25N5OS.